The Morgan fingerprint density at radius 2 is 1.74 bits per heavy atom. The number of alkyl halides is 3. The van der Waals surface area contributed by atoms with Gasteiger partial charge in [0, 0.05) is 4.43 Å². The van der Waals surface area contributed by atoms with Crippen LogP contribution in [0.4, 0.5) is 0 Å². The molecule has 0 unspecified atom stereocenters. The van der Waals surface area contributed by atoms with Gasteiger partial charge in [-0.05, 0) is 0 Å². The van der Waals surface area contributed by atoms with Gasteiger partial charge in [0.15, 0.2) is 6.29 Å². The van der Waals surface area contributed by atoms with Gasteiger partial charge in [-0.15, -0.1) is 0 Å². The van der Waals surface area contributed by atoms with Crippen molar-refractivity contribution in [3.05, 3.63) is 0 Å². The van der Waals surface area contributed by atoms with E-state index in [1.54, 1.807) is 0 Å². The average Bonchev–Trinajstić information content (AvgIpc) is 2.80. The lowest BCUT2D eigenvalue weighted by Gasteiger charge is -2.43. The minimum absolute atomic E-state index is 0.00950. The zero-order valence-electron chi connectivity index (χ0n) is 11.8. The summed E-state index contributed by atoms with van der Waals surface area (Å²) in [5.41, 5.74) is 0. The predicted molar refractivity (Wildman–Crippen MR) is 93.9 cm³/mol. The van der Waals surface area contributed by atoms with Crippen LogP contribution in [0, 0.1) is 0 Å². The van der Waals surface area contributed by atoms with Gasteiger partial charge in [0.2, 0.25) is 5.79 Å². The summed E-state index contributed by atoms with van der Waals surface area (Å²) in [6.45, 7) is -0.400. The van der Waals surface area contributed by atoms with Crippen molar-refractivity contribution in [1.82, 2.24) is 0 Å². The molecule has 0 bridgehead atoms. The second kappa shape index (κ2) is 8.37. The van der Waals surface area contributed by atoms with Gasteiger partial charge in [-0.25, -0.2) is 0 Å². The number of rotatable bonds is 5. The van der Waals surface area contributed by atoms with Crippen molar-refractivity contribution < 1.29 is 39.7 Å². The van der Waals surface area contributed by atoms with Crippen molar-refractivity contribution in [3.8, 4) is 0 Å². The second-order valence-electron chi connectivity index (χ2n) is 5.46. The van der Waals surface area contributed by atoms with Crippen molar-refractivity contribution in [3.63, 3.8) is 0 Å². The van der Waals surface area contributed by atoms with Crippen LogP contribution in [0.5, 0.6) is 0 Å². The van der Waals surface area contributed by atoms with E-state index >= 15 is 0 Å². The van der Waals surface area contributed by atoms with Crippen molar-refractivity contribution in [1.29, 1.82) is 0 Å². The first kappa shape index (κ1) is 20.7. The predicted octanol–water partition coefficient (Wildman–Crippen LogP) is -1.15. The molecule has 2 aliphatic rings. The molecule has 0 amide bonds. The number of aliphatic hydroxyl groups is 5. The lowest BCUT2D eigenvalue weighted by Crippen LogP contribution is -2.61. The molecule has 2 saturated heterocycles. The smallest absolute Gasteiger partial charge is 0.210 e. The van der Waals surface area contributed by atoms with E-state index in [1.165, 1.54) is 0 Å². The Hall–Kier alpha value is 1.37. The van der Waals surface area contributed by atoms with E-state index in [4.69, 9.17) is 14.2 Å². The molecule has 0 aromatic rings. The van der Waals surface area contributed by atoms with Gasteiger partial charge in [-0.3, -0.25) is 0 Å². The molecule has 0 radical (unpaired) electrons. The molecule has 2 fully saturated rings. The van der Waals surface area contributed by atoms with Gasteiger partial charge in [0.1, 0.15) is 18.3 Å². The SMILES string of the molecule is OC[C@H]1O[C@H](O[C@]2(CBr)O[C@H](CI)[C@@H](O)[C@@H]2O)[C@H](O)[C@@H](O)[C@@H]1Br. The molecule has 11 heteroatoms. The van der Waals surface area contributed by atoms with E-state index in [9.17, 15) is 25.5 Å². The zero-order chi connectivity index (χ0) is 17.4. The van der Waals surface area contributed by atoms with E-state index in [-0.39, 0.29) is 5.33 Å². The Balaban J connectivity index is 2.18. The monoisotopic (exact) mass is 576 g/mol. The summed E-state index contributed by atoms with van der Waals surface area (Å²) in [7, 11) is 0. The van der Waals surface area contributed by atoms with Crippen LogP contribution in [0.2, 0.25) is 0 Å². The third-order valence-electron chi connectivity index (χ3n) is 3.96. The lowest BCUT2D eigenvalue weighted by atomic mass is 10.0. The number of aliphatic hydroxyl groups excluding tert-OH is 5. The molecule has 8 nitrogen and oxygen atoms in total. The summed E-state index contributed by atoms with van der Waals surface area (Å²) in [6, 6.07) is 0. The van der Waals surface area contributed by atoms with Crippen molar-refractivity contribution in [2.24, 2.45) is 0 Å². The van der Waals surface area contributed by atoms with Gasteiger partial charge >= 0.3 is 0 Å². The molecule has 9 atom stereocenters. The fraction of sp³-hybridized carbons (Fsp3) is 1.00. The molecular weight excluding hydrogens is 559 g/mol. The minimum atomic E-state index is -1.64. The normalized spacial score (nSPS) is 51.1. The summed E-state index contributed by atoms with van der Waals surface area (Å²) >= 11 is 8.35. The third kappa shape index (κ3) is 3.89. The number of ether oxygens (including phenoxy) is 3. The van der Waals surface area contributed by atoms with Crippen LogP contribution in [0.1, 0.15) is 0 Å². The molecule has 2 rings (SSSR count). The van der Waals surface area contributed by atoms with Gasteiger partial charge in [0.05, 0.1) is 35.1 Å². The van der Waals surface area contributed by atoms with Crippen LogP contribution in [0.15, 0.2) is 0 Å². The first-order valence-corrected chi connectivity index (χ1v) is 10.5. The van der Waals surface area contributed by atoms with Crippen LogP contribution >= 0.6 is 54.5 Å². The second-order valence-corrected chi connectivity index (χ2v) is 7.96. The van der Waals surface area contributed by atoms with Crippen LogP contribution in [-0.2, 0) is 14.2 Å². The maximum atomic E-state index is 10.3. The first-order chi connectivity index (χ1) is 10.8. The molecule has 0 aromatic heterocycles. The van der Waals surface area contributed by atoms with Crippen LogP contribution < -0.4 is 0 Å². The topological polar surface area (TPSA) is 129 Å². The highest BCUT2D eigenvalue weighted by Crippen LogP contribution is 2.38. The third-order valence-corrected chi connectivity index (χ3v) is 6.74. The van der Waals surface area contributed by atoms with Gasteiger partial charge < -0.3 is 39.7 Å². The van der Waals surface area contributed by atoms with E-state index in [0.29, 0.717) is 4.43 Å². The zero-order valence-corrected chi connectivity index (χ0v) is 17.2. The van der Waals surface area contributed by atoms with Gasteiger partial charge in [0.25, 0.3) is 0 Å². The highest BCUT2D eigenvalue weighted by Gasteiger charge is 2.57. The van der Waals surface area contributed by atoms with Crippen molar-refractivity contribution >= 4 is 54.5 Å². The molecule has 0 saturated carbocycles. The molecule has 5 N–H and O–H groups in total. The molecule has 2 aliphatic heterocycles. The van der Waals surface area contributed by atoms with Crippen molar-refractivity contribution in [2.75, 3.05) is 16.4 Å². The number of halogens is 3. The van der Waals surface area contributed by atoms with E-state index in [1.807, 2.05) is 22.6 Å². The van der Waals surface area contributed by atoms with E-state index < -0.39 is 60.1 Å². The maximum absolute atomic E-state index is 10.3. The Labute approximate surface area is 163 Å². The summed E-state index contributed by atoms with van der Waals surface area (Å²) < 4.78 is 17.1. The quantitative estimate of drug-likeness (QED) is 0.205. The number of hydrogen-bond acceptors (Lipinski definition) is 8. The Morgan fingerprint density at radius 3 is 2.22 bits per heavy atom. The van der Waals surface area contributed by atoms with Crippen LogP contribution in [-0.4, -0.2) is 95.4 Å². The van der Waals surface area contributed by atoms with Crippen LogP contribution in [0.25, 0.3) is 0 Å². The summed E-state index contributed by atoms with van der Waals surface area (Å²) in [4.78, 5) is -0.677. The van der Waals surface area contributed by atoms with E-state index in [2.05, 4.69) is 31.9 Å². The molecule has 2 heterocycles. The van der Waals surface area contributed by atoms with Gasteiger partial charge in [-0.2, -0.15) is 0 Å². The molecule has 0 aromatic carbocycles. The fourth-order valence-electron chi connectivity index (χ4n) is 2.56. The minimum Gasteiger partial charge on any atom is -0.394 e. The number of hydrogen-bond donors (Lipinski definition) is 5. The van der Waals surface area contributed by atoms with Gasteiger partial charge in [-0.1, -0.05) is 54.5 Å². The Kier molecular flexibility index (Phi) is 7.53. The van der Waals surface area contributed by atoms with Crippen LogP contribution in [0.3, 0.4) is 0 Å². The molecule has 23 heavy (non-hydrogen) atoms. The summed E-state index contributed by atoms with van der Waals surface area (Å²) in [6.07, 6.45) is -8.01. The fourth-order valence-corrected chi connectivity index (χ4v) is 4.46. The highest BCUT2D eigenvalue weighted by atomic mass is 127. The molecule has 0 aliphatic carbocycles. The molecule has 136 valence electrons. The molecule has 0 spiro atoms. The Morgan fingerprint density at radius 1 is 1.09 bits per heavy atom. The largest absolute Gasteiger partial charge is 0.394 e. The van der Waals surface area contributed by atoms with E-state index in [0.717, 1.165) is 0 Å². The Bertz CT molecular complexity index is 405. The maximum Gasteiger partial charge on any atom is 0.210 e. The first-order valence-electron chi connectivity index (χ1n) is 6.91. The highest BCUT2D eigenvalue weighted by molar-refractivity contribution is 14.1. The lowest BCUT2D eigenvalue weighted by molar-refractivity contribution is -0.356. The molecular formula is C12H19Br2IO8. The summed E-state index contributed by atoms with van der Waals surface area (Å²) in [5, 5.41) is 49.8. The standard InChI is InChI=1S/C12H19Br2IO8/c13-3-12(10(20)7(17)4(1-15)22-12)23-11-9(19)8(18)6(14)5(2-16)21-11/h4-11,16-20H,1-3H2/t4-,5-,6-,7-,8+,9-,10+,11-,12+/m1/s1. The average molecular weight is 578 g/mol. The summed E-state index contributed by atoms with van der Waals surface area (Å²) in [5.74, 6) is -1.64. The van der Waals surface area contributed by atoms with Crippen molar-refractivity contribution in [2.45, 2.75) is 53.5 Å².